The van der Waals surface area contributed by atoms with E-state index in [4.69, 9.17) is 21.4 Å². The molecule has 1 heterocycles. The maximum absolute atomic E-state index is 12.4. The van der Waals surface area contributed by atoms with E-state index in [1.54, 1.807) is 6.92 Å². The van der Waals surface area contributed by atoms with Gasteiger partial charge in [-0.1, -0.05) is 11.6 Å². The van der Waals surface area contributed by atoms with Gasteiger partial charge >= 0.3 is 5.97 Å². The number of carbonyl (C=O) groups is 2. The number of aliphatic carboxylic acids is 1. The van der Waals surface area contributed by atoms with Crippen molar-refractivity contribution in [1.29, 1.82) is 0 Å². The molecule has 0 saturated heterocycles. The Morgan fingerprint density at radius 2 is 2.32 bits per heavy atom. The minimum atomic E-state index is -1.60. The van der Waals surface area contributed by atoms with Gasteiger partial charge in [0, 0.05) is 6.20 Å². The molecular formula is C11H12ClFN2O4. The standard InChI is InChI=1S/C11H12ClFN2O4/c1-2-19-10-7(12)3-6(5-14-10)9(16)15-8(4-13)11(17)18/h3,5,8H,2,4H2,1H3,(H,15,16)(H,17,18). The Kier molecular flexibility index (Phi) is 5.50. The third-order valence-corrected chi connectivity index (χ3v) is 2.38. The lowest BCUT2D eigenvalue weighted by Gasteiger charge is -2.11. The highest BCUT2D eigenvalue weighted by Gasteiger charge is 2.21. The molecule has 0 aliphatic heterocycles. The number of carboxylic acids is 1. The number of ether oxygens (including phenoxy) is 1. The number of alkyl halides is 1. The Hall–Kier alpha value is -1.89. The molecule has 1 amide bonds. The van der Waals surface area contributed by atoms with E-state index in [0.717, 1.165) is 0 Å². The van der Waals surface area contributed by atoms with Crippen LogP contribution in [0.5, 0.6) is 5.88 Å². The summed E-state index contributed by atoms with van der Waals surface area (Å²) in [4.78, 5) is 26.1. The number of rotatable bonds is 6. The molecule has 0 aromatic carbocycles. The molecule has 0 aliphatic carbocycles. The highest BCUT2D eigenvalue weighted by Crippen LogP contribution is 2.22. The van der Waals surface area contributed by atoms with E-state index >= 15 is 0 Å². The Balaban J connectivity index is 2.83. The summed E-state index contributed by atoms with van der Waals surface area (Å²) in [6, 6.07) is -0.329. The van der Waals surface area contributed by atoms with Gasteiger partial charge in [0.1, 0.15) is 11.7 Å². The van der Waals surface area contributed by atoms with Crippen molar-refractivity contribution >= 4 is 23.5 Å². The van der Waals surface area contributed by atoms with Gasteiger partial charge in [-0.15, -0.1) is 0 Å². The van der Waals surface area contributed by atoms with Gasteiger partial charge in [-0.25, -0.2) is 14.2 Å². The summed E-state index contributed by atoms with van der Waals surface area (Å²) in [5.41, 5.74) is 0.0214. The summed E-state index contributed by atoms with van der Waals surface area (Å²) >= 11 is 5.83. The zero-order valence-electron chi connectivity index (χ0n) is 10.0. The zero-order chi connectivity index (χ0) is 14.4. The summed E-state index contributed by atoms with van der Waals surface area (Å²) in [5.74, 6) is -2.07. The Morgan fingerprint density at radius 1 is 1.63 bits per heavy atom. The van der Waals surface area contributed by atoms with Gasteiger partial charge in [0.25, 0.3) is 5.91 Å². The van der Waals surface area contributed by atoms with Crippen LogP contribution in [0.3, 0.4) is 0 Å². The first-order valence-corrected chi connectivity index (χ1v) is 5.75. The average Bonchev–Trinajstić information content (AvgIpc) is 2.37. The van der Waals surface area contributed by atoms with Crippen LogP contribution in [0.2, 0.25) is 5.02 Å². The van der Waals surface area contributed by atoms with E-state index in [1.807, 2.05) is 5.32 Å². The Bertz CT molecular complexity index is 484. The van der Waals surface area contributed by atoms with Crippen molar-refractivity contribution in [3.8, 4) is 5.88 Å². The SMILES string of the molecule is CCOc1ncc(C(=O)NC(CF)C(=O)O)cc1Cl. The fraction of sp³-hybridized carbons (Fsp3) is 0.364. The summed E-state index contributed by atoms with van der Waals surface area (Å²) in [6.07, 6.45) is 1.17. The molecule has 0 bridgehead atoms. The lowest BCUT2D eigenvalue weighted by atomic mass is 10.2. The molecular weight excluding hydrogens is 279 g/mol. The minimum Gasteiger partial charge on any atom is -0.480 e. The Labute approximate surface area is 113 Å². The van der Waals surface area contributed by atoms with Gasteiger partial charge in [-0.3, -0.25) is 4.79 Å². The highest BCUT2D eigenvalue weighted by molar-refractivity contribution is 6.32. The first-order chi connectivity index (χ1) is 8.99. The lowest BCUT2D eigenvalue weighted by Crippen LogP contribution is -2.42. The van der Waals surface area contributed by atoms with E-state index < -0.39 is 24.6 Å². The molecule has 2 N–H and O–H groups in total. The van der Waals surface area contributed by atoms with Crippen molar-refractivity contribution in [2.24, 2.45) is 0 Å². The van der Waals surface area contributed by atoms with Crippen molar-refractivity contribution in [1.82, 2.24) is 10.3 Å². The Morgan fingerprint density at radius 3 is 2.79 bits per heavy atom. The molecule has 6 nitrogen and oxygen atoms in total. The topological polar surface area (TPSA) is 88.5 Å². The van der Waals surface area contributed by atoms with Crippen LogP contribution in [0.25, 0.3) is 0 Å². The molecule has 0 aliphatic rings. The van der Waals surface area contributed by atoms with Crippen molar-refractivity contribution in [2.45, 2.75) is 13.0 Å². The van der Waals surface area contributed by atoms with E-state index in [2.05, 4.69) is 4.98 Å². The summed E-state index contributed by atoms with van der Waals surface area (Å²) < 4.78 is 17.5. The third kappa shape index (κ3) is 4.06. The number of halogens is 2. The number of nitrogens with one attached hydrogen (secondary N) is 1. The molecule has 1 aromatic heterocycles. The largest absolute Gasteiger partial charge is 0.480 e. The van der Waals surface area contributed by atoms with Crippen LogP contribution in [0.4, 0.5) is 4.39 Å². The molecule has 1 rings (SSSR count). The number of carboxylic acid groups (broad SMARTS) is 1. The van der Waals surface area contributed by atoms with Gasteiger partial charge in [0.05, 0.1) is 12.2 Å². The number of pyridine rings is 1. The predicted octanol–water partition coefficient (Wildman–Crippen LogP) is 1.29. The first kappa shape index (κ1) is 15.2. The highest BCUT2D eigenvalue weighted by atomic mass is 35.5. The van der Waals surface area contributed by atoms with Gasteiger partial charge in [-0.05, 0) is 13.0 Å². The number of hydrogen-bond acceptors (Lipinski definition) is 4. The maximum atomic E-state index is 12.4. The summed E-state index contributed by atoms with van der Waals surface area (Å²) in [5, 5.41) is 10.7. The normalized spacial score (nSPS) is 11.7. The molecule has 0 radical (unpaired) electrons. The number of amides is 1. The van der Waals surface area contributed by atoms with Crippen molar-refractivity contribution in [3.05, 3.63) is 22.8 Å². The number of nitrogens with zero attached hydrogens (tertiary/aromatic N) is 1. The molecule has 19 heavy (non-hydrogen) atoms. The molecule has 104 valence electrons. The molecule has 1 atom stereocenters. The second-order valence-electron chi connectivity index (χ2n) is 3.46. The molecule has 0 saturated carbocycles. The van der Waals surface area contributed by atoms with Crippen molar-refractivity contribution in [3.63, 3.8) is 0 Å². The van der Waals surface area contributed by atoms with Gasteiger partial charge in [0.2, 0.25) is 5.88 Å². The van der Waals surface area contributed by atoms with Gasteiger partial charge in [-0.2, -0.15) is 0 Å². The van der Waals surface area contributed by atoms with Crippen molar-refractivity contribution in [2.75, 3.05) is 13.3 Å². The van der Waals surface area contributed by atoms with E-state index in [0.29, 0.717) is 6.61 Å². The van der Waals surface area contributed by atoms with E-state index in [-0.39, 0.29) is 16.5 Å². The number of carbonyl (C=O) groups excluding carboxylic acids is 1. The average molecular weight is 291 g/mol. The second-order valence-corrected chi connectivity index (χ2v) is 3.87. The van der Waals surface area contributed by atoms with Crippen LogP contribution in [0, 0.1) is 0 Å². The number of aromatic nitrogens is 1. The van der Waals surface area contributed by atoms with Gasteiger partial charge in [0.15, 0.2) is 6.04 Å². The smallest absolute Gasteiger partial charge is 0.328 e. The van der Waals surface area contributed by atoms with Crippen LogP contribution in [0.1, 0.15) is 17.3 Å². The summed E-state index contributed by atoms with van der Waals surface area (Å²) in [7, 11) is 0. The van der Waals surface area contributed by atoms with Crippen LogP contribution < -0.4 is 10.1 Å². The molecule has 1 unspecified atom stereocenters. The fourth-order valence-corrected chi connectivity index (χ4v) is 1.42. The summed E-state index contributed by atoms with van der Waals surface area (Å²) in [6.45, 7) is 0.901. The fourth-order valence-electron chi connectivity index (χ4n) is 1.20. The minimum absolute atomic E-state index is 0.0214. The third-order valence-electron chi connectivity index (χ3n) is 2.11. The van der Waals surface area contributed by atoms with Crippen molar-refractivity contribution < 1.29 is 23.8 Å². The van der Waals surface area contributed by atoms with Crippen LogP contribution in [-0.4, -0.2) is 41.3 Å². The first-order valence-electron chi connectivity index (χ1n) is 5.37. The quantitative estimate of drug-likeness (QED) is 0.824. The monoisotopic (exact) mass is 290 g/mol. The van der Waals surface area contributed by atoms with E-state index in [1.165, 1.54) is 12.3 Å². The lowest BCUT2D eigenvalue weighted by molar-refractivity contribution is -0.139. The molecule has 8 heteroatoms. The van der Waals surface area contributed by atoms with Gasteiger partial charge < -0.3 is 15.2 Å². The van der Waals surface area contributed by atoms with E-state index in [9.17, 15) is 14.0 Å². The zero-order valence-corrected chi connectivity index (χ0v) is 10.8. The maximum Gasteiger partial charge on any atom is 0.328 e. The molecule has 0 spiro atoms. The molecule has 0 fully saturated rings. The molecule has 1 aromatic rings. The van der Waals surface area contributed by atoms with Crippen LogP contribution in [0.15, 0.2) is 12.3 Å². The van der Waals surface area contributed by atoms with Crippen LogP contribution >= 0.6 is 11.6 Å². The number of hydrogen-bond donors (Lipinski definition) is 2. The second kappa shape index (κ2) is 6.89. The van der Waals surface area contributed by atoms with Crippen LogP contribution in [-0.2, 0) is 4.79 Å². The predicted molar refractivity (Wildman–Crippen MR) is 65.3 cm³/mol.